The van der Waals surface area contributed by atoms with Crippen molar-refractivity contribution in [2.24, 2.45) is 5.92 Å². The predicted molar refractivity (Wildman–Crippen MR) is 67.3 cm³/mol. The molecule has 0 aromatic carbocycles. The number of rotatable bonds is 2. The Kier molecular flexibility index (Phi) is 4.25. The monoisotopic (exact) mass is 287 g/mol. The van der Waals surface area contributed by atoms with Crippen molar-refractivity contribution >= 4 is 11.7 Å². The first-order chi connectivity index (χ1) is 9.41. The molecule has 0 spiro atoms. The zero-order valence-electron chi connectivity index (χ0n) is 11.2. The standard InChI is InChI=1S/C13H16F3N3O/c1-2-9-4-3-5-19(8-11(9)20)12-17-6-10(7-18-12)13(14,15)16/h6-7,9H,2-5,8H2,1H3. The number of carbonyl (C=O) groups is 1. The van der Waals surface area contributed by atoms with Gasteiger partial charge in [0.15, 0.2) is 5.78 Å². The van der Waals surface area contributed by atoms with Crippen LogP contribution >= 0.6 is 0 Å². The first-order valence-corrected chi connectivity index (χ1v) is 6.58. The second kappa shape index (κ2) is 5.76. The molecule has 1 fully saturated rings. The van der Waals surface area contributed by atoms with Crippen LogP contribution in [0, 0.1) is 5.92 Å². The quantitative estimate of drug-likeness (QED) is 0.839. The highest BCUT2D eigenvalue weighted by Gasteiger charge is 2.32. The van der Waals surface area contributed by atoms with E-state index in [1.54, 1.807) is 4.90 Å². The van der Waals surface area contributed by atoms with Crippen molar-refractivity contribution in [3.05, 3.63) is 18.0 Å². The molecule has 0 bridgehead atoms. The van der Waals surface area contributed by atoms with Crippen LogP contribution in [-0.2, 0) is 11.0 Å². The molecule has 1 aromatic rings. The maximum absolute atomic E-state index is 12.4. The topological polar surface area (TPSA) is 46.1 Å². The van der Waals surface area contributed by atoms with E-state index in [4.69, 9.17) is 0 Å². The molecule has 1 saturated heterocycles. The van der Waals surface area contributed by atoms with Crippen LogP contribution < -0.4 is 4.90 Å². The molecule has 0 aliphatic carbocycles. The summed E-state index contributed by atoms with van der Waals surface area (Å²) >= 11 is 0. The Morgan fingerprint density at radius 1 is 1.35 bits per heavy atom. The number of Topliss-reactive ketones (excluding diaryl/α,β-unsaturated/α-hetero) is 1. The van der Waals surface area contributed by atoms with Gasteiger partial charge in [0.25, 0.3) is 0 Å². The molecule has 0 N–H and O–H groups in total. The highest BCUT2D eigenvalue weighted by molar-refractivity contribution is 5.85. The van der Waals surface area contributed by atoms with Gasteiger partial charge in [0.1, 0.15) is 0 Å². The van der Waals surface area contributed by atoms with Gasteiger partial charge in [0, 0.05) is 24.9 Å². The van der Waals surface area contributed by atoms with Crippen LogP contribution in [-0.4, -0.2) is 28.8 Å². The van der Waals surface area contributed by atoms with Crippen molar-refractivity contribution in [3.63, 3.8) is 0 Å². The summed E-state index contributed by atoms with van der Waals surface area (Å²) in [6, 6.07) is 0. The third kappa shape index (κ3) is 3.26. The maximum atomic E-state index is 12.4. The Morgan fingerprint density at radius 3 is 2.55 bits per heavy atom. The number of ketones is 1. The van der Waals surface area contributed by atoms with Crippen LogP contribution in [0.2, 0.25) is 0 Å². The predicted octanol–water partition coefficient (Wildman–Crippen LogP) is 2.69. The van der Waals surface area contributed by atoms with E-state index in [9.17, 15) is 18.0 Å². The van der Waals surface area contributed by atoms with E-state index >= 15 is 0 Å². The Balaban J connectivity index is 2.13. The molecule has 1 aliphatic rings. The molecule has 1 aromatic heterocycles. The van der Waals surface area contributed by atoms with Crippen LogP contribution in [0.15, 0.2) is 12.4 Å². The van der Waals surface area contributed by atoms with Gasteiger partial charge in [-0.1, -0.05) is 6.92 Å². The Hall–Kier alpha value is -1.66. The normalized spacial score (nSPS) is 20.9. The molecular formula is C13H16F3N3O. The van der Waals surface area contributed by atoms with Gasteiger partial charge in [-0.25, -0.2) is 9.97 Å². The maximum Gasteiger partial charge on any atom is 0.419 e. The first-order valence-electron chi connectivity index (χ1n) is 6.58. The number of halogens is 3. The summed E-state index contributed by atoms with van der Waals surface area (Å²) < 4.78 is 37.3. The van der Waals surface area contributed by atoms with Gasteiger partial charge >= 0.3 is 6.18 Å². The van der Waals surface area contributed by atoms with E-state index in [2.05, 4.69) is 9.97 Å². The fraction of sp³-hybridized carbons (Fsp3) is 0.615. The highest BCUT2D eigenvalue weighted by Crippen LogP contribution is 2.28. The van der Waals surface area contributed by atoms with E-state index in [0.29, 0.717) is 6.54 Å². The molecule has 1 unspecified atom stereocenters. The first kappa shape index (κ1) is 14.7. The summed E-state index contributed by atoms with van der Waals surface area (Å²) in [5.41, 5.74) is -0.881. The van der Waals surface area contributed by atoms with E-state index < -0.39 is 11.7 Å². The summed E-state index contributed by atoms with van der Waals surface area (Å²) in [6.45, 7) is 2.73. The van der Waals surface area contributed by atoms with Gasteiger partial charge in [-0.05, 0) is 19.3 Å². The molecule has 0 amide bonds. The summed E-state index contributed by atoms with van der Waals surface area (Å²) in [5, 5.41) is 0. The minimum Gasteiger partial charge on any atom is -0.333 e. The average Bonchev–Trinajstić information content (AvgIpc) is 2.59. The summed E-state index contributed by atoms with van der Waals surface area (Å²) in [6.07, 6.45) is -0.508. The molecule has 110 valence electrons. The van der Waals surface area contributed by atoms with Crippen LogP contribution in [0.5, 0.6) is 0 Å². The lowest BCUT2D eigenvalue weighted by Gasteiger charge is -2.19. The Bertz CT molecular complexity index is 473. The van der Waals surface area contributed by atoms with Crippen LogP contribution in [0.25, 0.3) is 0 Å². The second-order valence-corrected chi connectivity index (χ2v) is 4.90. The van der Waals surface area contributed by atoms with Gasteiger partial charge in [-0.2, -0.15) is 13.2 Å². The summed E-state index contributed by atoms with van der Waals surface area (Å²) in [7, 11) is 0. The third-order valence-corrected chi connectivity index (χ3v) is 3.52. The number of carbonyl (C=O) groups excluding carboxylic acids is 1. The average molecular weight is 287 g/mol. The van der Waals surface area contributed by atoms with Gasteiger partial charge in [-0.3, -0.25) is 4.79 Å². The zero-order valence-corrected chi connectivity index (χ0v) is 11.2. The minimum atomic E-state index is -4.44. The minimum absolute atomic E-state index is 0.0365. The molecule has 4 nitrogen and oxygen atoms in total. The van der Waals surface area contributed by atoms with Gasteiger partial charge in [-0.15, -0.1) is 0 Å². The lowest BCUT2D eigenvalue weighted by atomic mass is 9.97. The number of aromatic nitrogens is 2. The van der Waals surface area contributed by atoms with E-state index in [0.717, 1.165) is 31.7 Å². The fourth-order valence-corrected chi connectivity index (χ4v) is 2.32. The molecule has 20 heavy (non-hydrogen) atoms. The molecule has 0 radical (unpaired) electrons. The lowest BCUT2D eigenvalue weighted by Crippen LogP contribution is -2.31. The molecular weight excluding hydrogens is 271 g/mol. The van der Waals surface area contributed by atoms with Crippen molar-refractivity contribution in [1.29, 1.82) is 0 Å². The number of hydrogen-bond acceptors (Lipinski definition) is 4. The molecule has 2 rings (SSSR count). The summed E-state index contributed by atoms with van der Waals surface area (Å²) in [4.78, 5) is 21.1. The van der Waals surface area contributed by atoms with Crippen LogP contribution in [0.1, 0.15) is 31.7 Å². The number of alkyl halides is 3. The highest BCUT2D eigenvalue weighted by atomic mass is 19.4. The Morgan fingerprint density at radius 2 is 2.00 bits per heavy atom. The molecule has 1 aliphatic heterocycles. The van der Waals surface area contributed by atoms with Crippen molar-refractivity contribution in [2.45, 2.75) is 32.4 Å². The largest absolute Gasteiger partial charge is 0.419 e. The van der Waals surface area contributed by atoms with Gasteiger partial charge in [0.2, 0.25) is 5.95 Å². The summed E-state index contributed by atoms with van der Waals surface area (Å²) in [5.74, 6) is 0.325. The lowest BCUT2D eigenvalue weighted by molar-refractivity contribution is -0.138. The van der Waals surface area contributed by atoms with Gasteiger partial charge < -0.3 is 4.90 Å². The molecule has 2 heterocycles. The molecule has 7 heteroatoms. The van der Waals surface area contributed by atoms with Gasteiger partial charge in [0.05, 0.1) is 12.1 Å². The van der Waals surface area contributed by atoms with E-state index in [1.165, 1.54) is 0 Å². The molecule has 0 saturated carbocycles. The second-order valence-electron chi connectivity index (χ2n) is 4.90. The van der Waals surface area contributed by atoms with Crippen LogP contribution in [0.4, 0.5) is 19.1 Å². The van der Waals surface area contributed by atoms with Crippen molar-refractivity contribution in [1.82, 2.24) is 9.97 Å². The fourth-order valence-electron chi connectivity index (χ4n) is 2.32. The smallest absolute Gasteiger partial charge is 0.333 e. The third-order valence-electron chi connectivity index (χ3n) is 3.52. The number of nitrogens with zero attached hydrogens (tertiary/aromatic N) is 3. The number of hydrogen-bond donors (Lipinski definition) is 0. The van der Waals surface area contributed by atoms with E-state index in [-0.39, 0.29) is 24.2 Å². The zero-order chi connectivity index (χ0) is 14.8. The van der Waals surface area contributed by atoms with Crippen molar-refractivity contribution in [3.8, 4) is 0 Å². The Labute approximate surface area is 115 Å². The number of anilines is 1. The van der Waals surface area contributed by atoms with Crippen LogP contribution in [0.3, 0.4) is 0 Å². The van der Waals surface area contributed by atoms with Crippen molar-refractivity contribution < 1.29 is 18.0 Å². The van der Waals surface area contributed by atoms with E-state index in [1.807, 2.05) is 6.92 Å². The van der Waals surface area contributed by atoms with Crippen molar-refractivity contribution in [2.75, 3.05) is 18.0 Å². The molecule has 1 atom stereocenters. The SMILES string of the molecule is CCC1CCCN(c2ncc(C(F)(F)F)cn2)CC1=O.